The summed E-state index contributed by atoms with van der Waals surface area (Å²) in [6.45, 7) is 0.184. The van der Waals surface area contributed by atoms with E-state index in [9.17, 15) is 4.79 Å². The molecule has 0 fully saturated rings. The Labute approximate surface area is 118 Å². The molecule has 0 spiro atoms. The van der Waals surface area contributed by atoms with Crippen LogP contribution in [-0.2, 0) is 6.61 Å². The van der Waals surface area contributed by atoms with Gasteiger partial charge in [-0.3, -0.25) is 0 Å². The first-order chi connectivity index (χ1) is 8.58. The molecule has 2 rings (SSSR count). The second-order valence-corrected chi connectivity index (χ2v) is 5.18. The van der Waals surface area contributed by atoms with Crippen LogP contribution in [-0.4, -0.2) is 11.1 Å². The Kier molecular flexibility index (Phi) is 4.11. The SMILES string of the molecule is O=C(O)c1sccc1COc1ccc(Cl)c(Cl)c1. The van der Waals surface area contributed by atoms with Gasteiger partial charge in [-0.25, -0.2) is 4.79 Å². The molecular formula is C12H8Cl2O3S. The molecule has 94 valence electrons. The molecule has 1 aromatic carbocycles. The smallest absolute Gasteiger partial charge is 0.346 e. The summed E-state index contributed by atoms with van der Waals surface area (Å²) in [6, 6.07) is 6.63. The van der Waals surface area contributed by atoms with Crippen molar-refractivity contribution >= 4 is 40.5 Å². The Bertz CT molecular complexity index is 580. The number of rotatable bonds is 4. The molecule has 1 N–H and O–H groups in total. The van der Waals surface area contributed by atoms with E-state index in [-0.39, 0.29) is 11.5 Å². The van der Waals surface area contributed by atoms with E-state index < -0.39 is 5.97 Å². The zero-order valence-corrected chi connectivity index (χ0v) is 11.4. The van der Waals surface area contributed by atoms with Crippen LogP contribution in [0.5, 0.6) is 5.75 Å². The first-order valence-corrected chi connectivity index (χ1v) is 6.59. The third-order valence-corrected chi connectivity index (χ3v) is 3.91. The fraction of sp³-hybridized carbons (Fsp3) is 0.0833. The molecule has 0 radical (unpaired) electrons. The van der Waals surface area contributed by atoms with Gasteiger partial charge >= 0.3 is 5.97 Å². The molecule has 0 aliphatic heterocycles. The maximum atomic E-state index is 10.9. The van der Waals surface area contributed by atoms with Crippen LogP contribution in [0.2, 0.25) is 10.0 Å². The fourth-order valence-electron chi connectivity index (χ4n) is 1.36. The number of thiophene rings is 1. The number of carboxylic acid groups (broad SMARTS) is 1. The highest BCUT2D eigenvalue weighted by Crippen LogP contribution is 2.27. The molecule has 1 heterocycles. The molecule has 0 unspecified atom stereocenters. The first-order valence-electron chi connectivity index (χ1n) is 4.95. The average Bonchev–Trinajstić information content (AvgIpc) is 2.79. The molecule has 0 bridgehead atoms. The molecule has 0 aliphatic rings. The molecule has 0 atom stereocenters. The first kappa shape index (κ1) is 13.2. The highest BCUT2D eigenvalue weighted by molar-refractivity contribution is 7.12. The number of ether oxygens (including phenoxy) is 1. The lowest BCUT2D eigenvalue weighted by molar-refractivity contribution is 0.0699. The molecule has 3 nitrogen and oxygen atoms in total. The van der Waals surface area contributed by atoms with Crippen LogP contribution in [0.25, 0.3) is 0 Å². The summed E-state index contributed by atoms with van der Waals surface area (Å²) in [5, 5.41) is 11.5. The van der Waals surface area contributed by atoms with Gasteiger partial charge in [0.2, 0.25) is 0 Å². The largest absolute Gasteiger partial charge is 0.489 e. The van der Waals surface area contributed by atoms with Gasteiger partial charge in [-0.2, -0.15) is 0 Å². The highest BCUT2D eigenvalue weighted by Gasteiger charge is 2.12. The van der Waals surface area contributed by atoms with Gasteiger partial charge in [0.25, 0.3) is 0 Å². The van der Waals surface area contributed by atoms with Crippen molar-refractivity contribution in [3.8, 4) is 5.75 Å². The van der Waals surface area contributed by atoms with E-state index in [1.165, 1.54) is 11.3 Å². The molecule has 0 amide bonds. The number of halogens is 2. The average molecular weight is 303 g/mol. The number of carboxylic acids is 1. The zero-order valence-electron chi connectivity index (χ0n) is 9.02. The summed E-state index contributed by atoms with van der Waals surface area (Å²) >= 11 is 12.8. The monoisotopic (exact) mass is 302 g/mol. The van der Waals surface area contributed by atoms with Crippen LogP contribution < -0.4 is 4.74 Å². The molecule has 0 aliphatic carbocycles. The Morgan fingerprint density at radius 2 is 2.06 bits per heavy atom. The third-order valence-electron chi connectivity index (χ3n) is 2.23. The maximum Gasteiger partial charge on any atom is 0.346 e. The lowest BCUT2D eigenvalue weighted by Crippen LogP contribution is -2.01. The van der Waals surface area contributed by atoms with Crippen molar-refractivity contribution in [2.24, 2.45) is 0 Å². The van der Waals surface area contributed by atoms with Gasteiger partial charge in [0.15, 0.2) is 0 Å². The van der Waals surface area contributed by atoms with Crippen molar-refractivity contribution in [3.05, 3.63) is 50.1 Å². The maximum absolute atomic E-state index is 10.9. The lowest BCUT2D eigenvalue weighted by Gasteiger charge is -2.06. The van der Waals surface area contributed by atoms with Gasteiger partial charge in [-0.15, -0.1) is 11.3 Å². The van der Waals surface area contributed by atoms with E-state index in [0.29, 0.717) is 21.4 Å². The number of hydrogen-bond acceptors (Lipinski definition) is 3. The molecule has 1 aromatic heterocycles. The van der Waals surface area contributed by atoms with Gasteiger partial charge in [0, 0.05) is 11.6 Å². The van der Waals surface area contributed by atoms with Crippen molar-refractivity contribution < 1.29 is 14.6 Å². The second-order valence-electron chi connectivity index (χ2n) is 3.44. The molecule has 18 heavy (non-hydrogen) atoms. The number of benzene rings is 1. The Morgan fingerprint density at radius 3 is 2.72 bits per heavy atom. The molecule has 6 heteroatoms. The van der Waals surface area contributed by atoms with Gasteiger partial charge < -0.3 is 9.84 Å². The molecule has 0 saturated heterocycles. The number of carbonyl (C=O) groups is 1. The van der Waals surface area contributed by atoms with E-state index in [2.05, 4.69) is 0 Å². The predicted octanol–water partition coefficient (Wildman–Crippen LogP) is 4.33. The molecule has 2 aromatic rings. The second kappa shape index (κ2) is 5.61. The summed E-state index contributed by atoms with van der Waals surface area (Å²) in [5.74, 6) is -0.398. The number of aromatic carboxylic acids is 1. The normalized spacial score (nSPS) is 10.3. The minimum absolute atomic E-state index is 0.184. The standard InChI is InChI=1S/C12H8Cl2O3S/c13-9-2-1-8(5-10(9)14)17-6-7-3-4-18-11(7)12(15)16/h1-5H,6H2,(H,15,16). The Balaban J connectivity index is 2.09. The van der Waals surface area contributed by atoms with E-state index in [4.69, 9.17) is 33.0 Å². The van der Waals surface area contributed by atoms with Crippen molar-refractivity contribution in [3.63, 3.8) is 0 Å². The van der Waals surface area contributed by atoms with Crippen LogP contribution in [0, 0.1) is 0 Å². The summed E-state index contributed by atoms with van der Waals surface area (Å²) in [6.07, 6.45) is 0. The Hall–Kier alpha value is -1.23. The van der Waals surface area contributed by atoms with Gasteiger partial charge in [-0.05, 0) is 23.6 Å². The quantitative estimate of drug-likeness (QED) is 0.914. The van der Waals surface area contributed by atoms with E-state index in [1.54, 1.807) is 29.6 Å². The third kappa shape index (κ3) is 2.96. The van der Waals surface area contributed by atoms with E-state index >= 15 is 0 Å². The fourth-order valence-corrected chi connectivity index (χ4v) is 2.40. The highest BCUT2D eigenvalue weighted by atomic mass is 35.5. The topological polar surface area (TPSA) is 46.5 Å². The van der Waals surface area contributed by atoms with Crippen LogP contribution >= 0.6 is 34.5 Å². The number of hydrogen-bond donors (Lipinski definition) is 1. The minimum atomic E-state index is -0.947. The predicted molar refractivity (Wildman–Crippen MR) is 72.1 cm³/mol. The lowest BCUT2D eigenvalue weighted by atomic mass is 10.2. The van der Waals surface area contributed by atoms with Gasteiger partial charge in [0.1, 0.15) is 17.2 Å². The van der Waals surface area contributed by atoms with E-state index in [0.717, 1.165) is 0 Å². The van der Waals surface area contributed by atoms with Crippen molar-refractivity contribution in [2.45, 2.75) is 6.61 Å². The van der Waals surface area contributed by atoms with Crippen LogP contribution in [0.3, 0.4) is 0 Å². The molecule has 0 saturated carbocycles. The van der Waals surface area contributed by atoms with Crippen molar-refractivity contribution in [1.29, 1.82) is 0 Å². The van der Waals surface area contributed by atoms with Crippen LogP contribution in [0.4, 0.5) is 0 Å². The van der Waals surface area contributed by atoms with Crippen LogP contribution in [0.15, 0.2) is 29.6 Å². The Morgan fingerprint density at radius 1 is 1.28 bits per heavy atom. The van der Waals surface area contributed by atoms with E-state index in [1.807, 2.05) is 0 Å². The molecular weight excluding hydrogens is 295 g/mol. The zero-order chi connectivity index (χ0) is 13.1. The van der Waals surface area contributed by atoms with Gasteiger partial charge in [0.05, 0.1) is 10.0 Å². The summed E-state index contributed by atoms with van der Waals surface area (Å²) in [5.41, 5.74) is 0.638. The van der Waals surface area contributed by atoms with Gasteiger partial charge in [-0.1, -0.05) is 23.2 Å². The summed E-state index contributed by atoms with van der Waals surface area (Å²) in [7, 11) is 0. The van der Waals surface area contributed by atoms with Crippen molar-refractivity contribution in [2.75, 3.05) is 0 Å². The summed E-state index contributed by atoms with van der Waals surface area (Å²) < 4.78 is 5.48. The summed E-state index contributed by atoms with van der Waals surface area (Å²) in [4.78, 5) is 11.2. The minimum Gasteiger partial charge on any atom is -0.489 e. The van der Waals surface area contributed by atoms with Crippen LogP contribution in [0.1, 0.15) is 15.2 Å². The van der Waals surface area contributed by atoms with Crippen molar-refractivity contribution in [1.82, 2.24) is 0 Å².